The third-order valence-corrected chi connectivity index (χ3v) is 4.33. The van der Waals surface area contributed by atoms with E-state index >= 15 is 0 Å². The number of halogens is 6. The zero-order chi connectivity index (χ0) is 23.0. The summed E-state index contributed by atoms with van der Waals surface area (Å²) in [5, 5.41) is 6.86. The molecule has 1 aromatic carbocycles. The standard InChI is InChI=1S/C19H16F6N4O2/c1-10(14-6-4-12(8-26-14)31-9-18(20,21)22)27-17(30)16-13-5-3-11(19(23,24)25)7-15(13)28-29(16)2/h3-8,10H,9H2,1-2H3,(H,27,30)/t10-/m1/s1. The number of aryl methyl sites for hydroxylation is 1. The molecule has 3 aromatic rings. The second-order valence-corrected chi connectivity index (χ2v) is 6.72. The first kappa shape index (κ1) is 22.4. The molecule has 0 aliphatic carbocycles. The number of rotatable bonds is 5. The Morgan fingerprint density at radius 2 is 1.87 bits per heavy atom. The van der Waals surface area contributed by atoms with Crippen molar-refractivity contribution in [1.29, 1.82) is 0 Å². The topological polar surface area (TPSA) is 69.0 Å². The largest absolute Gasteiger partial charge is 0.483 e. The van der Waals surface area contributed by atoms with Crippen LogP contribution in [0.5, 0.6) is 5.75 Å². The molecule has 2 heterocycles. The van der Waals surface area contributed by atoms with Gasteiger partial charge in [-0.15, -0.1) is 0 Å². The van der Waals surface area contributed by atoms with E-state index in [-0.39, 0.29) is 22.3 Å². The minimum absolute atomic E-state index is 0.0134. The van der Waals surface area contributed by atoms with Gasteiger partial charge in [0.15, 0.2) is 6.61 Å². The van der Waals surface area contributed by atoms with Gasteiger partial charge in [0.2, 0.25) is 0 Å². The Hall–Kier alpha value is -3.31. The molecule has 2 aromatic heterocycles. The molecule has 0 spiro atoms. The van der Waals surface area contributed by atoms with Crippen molar-refractivity contribution < 1.29 is 35.9 Å². The highest BCUT2D eigenvalue weighted by atomic mass is 19.4. The molecule has 0 bridgehead atoms. The lowest BCUT2D eigenvalue weighted by molar-refractivity contribution is -0.153. The molecule has 0 unspecified atom stereocenters. The second-order valence-electron chi connectivity index (χ2n) is 6.72. The summed E-state index contributed by atoms with van der Waals surface area (Å²) in [5.41, 5.74) is -0.464. The smallest absolute Gasteiger partial charge is 0.422 e. The van der Waals surface area contributed by atoms with Crippen LogP contribution in [0.4, 0.5) is 26.3 Å². The van der Waals surface area contributed by atoms with Crippen LogP contribution in [0.1, 0.15) is 34.7 Å². The Balaban J connectivity index is 1.75. The van der Waals surface area contributed by atoms with Crippen molar-refractivity contribution in [1.82, 2.24) is 20.1 Å². The number of nitrogens with zero attached hydrogens (tertiary/aromatic N) is 3. The van der Waals surface area contributed by atoms with Crippen molar-refractivity contribution >= 4 is 16.8 Å². The number of hydrogen-bond donors (Lipinski definition) is 1. The summed E-state index contributed by atoms with van der Waals surface area (Å²) < 4.78 is 81.0. The van der Waals surface area contributed by atoms with Crippen molar-refractivity contribution in [2.24, 2.45) is 7.05 Å². The number of carbonyl (C=O) groups excluding carboxylic acids is 1. The zero-order valence-electron chi connectivity index (χ0n) is 16.2. The number of hydrogen-bond acceptors (Lipinski definition) is 4. The van der Waals surface area contributed by atoms with Crippen molar-refractivity contribution in [2.75, 3.05) is 6.61 Å². The van der Waals surface area contributed by atoms with Crippen LogP contribution >= 0.6 is 0 Å². The van der Waals surface area contributed by atoms with Gasteiger partial charge >= 0.3 is 12.4 Å². The van der Waals surface area contributed by atoms with Gasteiger partial charge in [-0.3, -0.25) is 14.5 Å². The molecule has 6 nitrogen and oxygen atoms in total. The highest BCUT2D eigenvalue weighted by molar-refractivity contribution is 6.05. The third kappa shape index (κ3) is 5.25. The predicted molar refractivity (Wildman–Crippen MR) is 97.4 cm³/mol. The first-order chi connectivity index (χ1) is 14.3. The second kappa shape index (κ2) is 8.08. The quantitative estimate of drug-likeness (QED) is 0.590. The Morgan fingerprint density at radius 1 is 1.16 bits per heavy atom. The minimum Gasteiger partial charge on any atom is -0.483 e. The van der Waals surface area contributed by atoms with Crippen LogP contribution in [-0.4, -0.2) is 33.5 Å². The van der Waals surface area contributed by atoms with Gasteiger partial charge in [-0.1, -0.05) is 0 Å². The summed E-state index contributed by atoms with van der Waals surface area (Å²) in [6, 6.07) is 4.93. The third-order valence-electron chi connectivity index (χ3n) is 4.33. The Labute approximate surface area is 171 Å². The first-order valence-corrected chi connectivity index (χ1v) is 8.85. The van der Waals surface area contributed by atoms with E-state index in [1.54, 1.807) is 6.92 Å². The van der Waals surface area contributed by atoms with Crippen molar-refractivity contribution in [2.45, 2.75) is 25.3 Å². The minimum atomic E-state index is -4.54. The van der Waals surface area contributed by atoms with Crippen molar-refractivity contribution in [3.8, 4) is 5.75 Å². The molecule has 0 saturated carbocycles. The molecular weight excluding hydrogens is 430 g/mol. The molecule has 0 aliphatic rings. The number of fused-ring (bicyclic) bond motifs is 1. The van der Waals surface area contributed by atoms with Gasteiger partial charge < -0.3 is 10.1 Å². The summed E-state index contributed by atoms with van der Waals surface area (Å²) in [6.45, 7) is 0.140. The first-order valence-electron chi connectivity index (χ1n) is 8.85. The summed E-state index contributed by atoms with van der Waals surface area (Å²) in [5.74, 6) is -0.686. The van der Waals surface area contributed by atoms with E-state index in [4.69, 9.17) is 0 Å². The average Bonchev–Trinajstić information content (AvgIpc) is 3.00. The molecule has 3 rings (SSSR count). The Kier molecular flexibility index (Phi) is 5.83. The molecule has 0 radical (unpaired) electrons. The van der Waals surface area contributed by atoms with Crippen LogP contribution in [0.2, 0.25) is 0 Å². The number of aromatic nitrogens is 3. The average molecular weight is 446 g/mol. The van der Waals surface area contributed by atoms with Gasteiger partial charge in [-0.25, -0.2) is 0 Å². The number of benzene rings is 1. The number of amides is 1. The molecule has 1 amide bonds. The number of alkyl halides is 6. The van der Waals surface area contributed by atoms with Gasteiger partial charge in [0, 0.05) is 12.4 Å². The molecule has 0 saturated heterocycles. The highest BCUT2D eigenvalue weighted by Gasteiger charge is 2.31. The fourth-order valence-electron chi connectivity index (χ4n) is 2.88. The zero-order valence-corrected chi connectivity index (χ0v) is 16.2. The van der Waals surface area contributed by atoms with E-state index in [0.29, 0.717) is 5.69 Å². The van der Waals surface area contributed by atoms with Crippen molar-refractivity contribution in [3.05, 3.63) is 53.5 Å². The van der Waals surface area contributed by atoms with Crippen molar-refractivity contribution in [3.63, 3.8) is 0 Å². The van der Waals surface area contributed by atoms with E-state index in [1.165, 1.54) is 29.9 Å². The number of carbonyl (C=O) groups is 1. The monoisotopic (exact) mass is 446 g/mol. The highest BCUT2D eigenvalue weighted by Crippen LogP contribution is 2.32. The lowest BCUT2D eigenvalue weighted by Gasteiger charge is -2.15. The van der Waals surface area contributed by atoms with E-state index < -0.39 is 36.5 Å². The van der Waals surface area contributed by atoms with Gasteiger partial charge in [0.05, 0.1) is 29.0 Å². The fourth-order valence-corrected chi connectivity index (χ4v) is 2.88. The Morgan fingerprint density at radius 3 is 2.45 bits per heavy atom. The maximum absolute atomic E-state index is 12.9. The maximum atomic E-state index is 12.9. The van der Waals surface area contributed by atoms with Crippen LogP contribution in [-0.2, 0) is 13.2 Å². The number of nitrogens with one attached hydrogen (secondary N) is 1. The molecule has 0 aliphatic heterocycles. The number of pyridine rings is 1. The molecule has 1 atom stereocenters. The molecule has 12 heteroatoms. The van der Waals surface area contributed by atoms with Crippen LogP contribution in [0.25, 0.3) is 10.9 Å². The summed E-state index contributed by atoms with van der Waals surface area (Å²) >= 11 is 0. The molecule has 31 heavy (non-hydrogen) atoms. The molecular formula is C19H16F6N4O2. The van der Waals surface area contributed by atoms with Gasteiger partial charge in [0.1, 0.15) is 11.4 Å². The number of ether oxygens (including phenoxy) is 1. The summed E-state index contributed by atoms with van der Waals surface area (Å²) in [6.07, 6.45) is -7.92. The normalized spacial score (nSPS) is 13.3. The summed E-state index contributed by atoms with van der Waals surface area (Å²) in [4.78, 5) is 16.7. The van der Waals surface area contributed by atoms with E-state index in [2.05, 4.69) is 20.1 Å². The summed E-state index contributed by atoms with van der Waals surface area (Å²) in [7, 11) is 1.43. The lowest BCUT2D eigenvalue weighted by atomic mass is 10.1. The van der Waals surface area contributed by atoms with E-state index in [1.807, 2.05) is 0 Å². The molecule has 166 valence electrons. The van der Waals surface area contributed by atoms with Crippen LogP contribution in [0.15, 0.2) is 36.5 Å². The van der Waals surface area contributed by atoms with Crippen LogP contribution in [0.3, 0.4) is 0 Å². The van der Waals surface area contributed by atoms with Crippen LogP contribution < -0.4 is 10.1 Å². The van der Waals surface area contributed by atoms with E-state index in [0.717, 1.165) is 18.3 Å². The Bertz CT molecular complexity index is 1090. The molecule has 0 fully saturated rings. The van der Waals surface area contributed by atoms with Gasteiger partial charge in [-0.2, -0.15) is 31.4 Å². The molecule has 1 N–H and O–H groups in total. The fraction of sp³-hybridized carbons (Fsp3) is 0.316. The SMILES string of the molecule is C[C@@H](NC(=O)c1c2ccc(C(F)(F)F)cc2nn1C)c1ccc(OCC(F)(F)F)cn1. The predicted octanol–water partition coefficient (Wildman–Crippen LogP) is 4.42. The maximum Gasteiger partial charge on any atom is 0.422 e. The van der Waals surface area contributed by atoms with Gasteiger partial charge in [-0.05, 0) is 37.3 Å². The van der Waals surface area contributed by atoms with Gasteiger partial charge in [0.25, 0.3) is 5.91 Å². The lowest BCUT2D eigenvalue weighted by Crippen LogP contribution is -2.29. The van der Waals surface area contributed by atoms with E-state index in [9.17, 15) is 31.1 Å². The van der Waals surface area contributed by atoms with Crippen LogP contribution in [0, 0.1) is 0 Å².